The van der Waals surface area contributed by atoms with Gasteiger partial charge >= 0.3 is 0 Å². The normalized spacial score (nSPS) is 36.3. The Bertz CT molecular complexity index is 746. The Morgan fingerprint density at radius 1 is 1.41 bits per heavy atom. The second-order valence-electron chi connectivity index (χ2n) is 9.12. The number of amides is 1. The highest BCUT2D eigenvalue weighted by Crippen LogP contribution is 2.70. The van der Waals surface area contributed by atoms with Crippen LogP contribution in [-0.2, 0) is 9.53 Å². The zero-order valence-electron chi connectivity index (χ0n) is 16.7. The summed E-state index contributed by atoms with van der Waals surface area (Å²) in [6.07, 6.45) is 3.57. The Balaban J connectivity index is 1.70. The third-order valence-corrected chi connectivity index (χ3v) is 7.68. The number of carbonyl (C=O) groups is 1. The number of benzene rings is 1. The van der Waals surface area contributed by atoms with Crippen molar-refractivity contribution in [1.29, 1.82) is 0 Å². The highest BCUT2D eigenvalue weighted by molar-refractivity contribution is 5.76. The van der Waals surface area contributed by atoms with E-state index in [0.717, 1.165) is 24.8 Å². The molecule has 2 aliphatic carbocycles. The van der Waals surface area contributed by atoms with Gasteiger partial charge in [0.25, 0.3) is 0 Å². The van der Waals surface area contributed by atoms with E-state index in [2.05, 4.69) is 19.2 Å². The molecule has 4 rings (SSSR count). The minimum atomic E-state index is -0.133. The molecule has 5 nitrogen and oxygen atoms in total. The Hall–Kier alpha value is -1.75. The zero-order chi connectivity index (χ0) is 19.4. The van der Waals surface area contributed by atoms with E-state index >= 15 is 0 Å². The van der Waals surface area contributed by atoms with Crippen LogP contribution >= 0.6 is 0 Å². The van der Waals surface area contributed by atoms with Gasteiger partial charge in [0.1, 0.15) is 11.5 Å². The standard InChI is InChI=1S/C22H31NO4/c1-5-18(25)23-20-21(2,3)13-10-16-19(27-9-8-22(16,20)12-13)15-7-6-14(26-4)11-17(15)24/h6-7,11,13,16,19-20,24H,5,8-10,12H2,1-4H3,(H,23,25)/t13-,16-,19-,20+,22?/m1/s1. The van der Waals surface area contributed by atoms with E-state index in [4.69, 9.17) is 9.47 Å². The average Bonchev–Trinajstić information content (AvgIpc) is 3.14. The van der Waals surface area contributed by atoms with Gasteiger partial charge in [-0.05, 0) is 54.1 Å². The minimum absolute atomic E-state index is 0.0499. The van der Waals surface area contributed by atoms with Crippen molar-refractivity contribution in [3.63, 3.8) is 0 Å². The lowest BCUT2D eigenvalue weighted by Crippen LogP contribution is -2.58. The summed E-state index contributed by atoms with van der Waals surface area (Å²) in [6, 6.07) is 5.63. The summed E-state index contributed by atoms with van der Waals surface area (Å²) in [5.41, 5.74) is 0.977. The second kappa shape index (κ2) is 6.40. The summed E-state index contributed by atoms with van der Waals surface area (Å²) in [5.74, 6) is 1.88. The fraction of sp³-hybridized carbons (Fsp3) is 0.682. The van der Waals surface area contributed by atoms with Crippen LogP contribution in [0.1, 0.15) is 58.1 Å². The summed E-state index contributed by atoms with van der Waals surface area (Å²) in [7, 11) is 1.60. The Labute approximate surface area is 161 Å². The van der Waals surface area contributed by atoms with E-state index in [1.807, 2.05) is 19.1 Å². The number of hydrogen-bond acceptors (Lipinski definition) is 4. The summed E-state index contributed by atoms with van der Waals surface area (Å²) < 4.78 is 11.4. The van der Waals surface area contributed by atoms with Crippen LogP contribution in [0.25, 0.3) is 0 Å². The topological polar surface area (TPSA) is 67.8 Å². The Kier molecular flexibility index (Phi) is 4.41. The maximum atomic E-state index is 12.3. The second-order valence-corrected chi connectivity index (χ2v) is 9.12. The molecule has 27 heavy (non-hydrogen) atoms. The third-order valence-electron chi connectivity index (χ3n) is 7.68. The van der Waals surface area contributed by atoms with Crippen LogP contribution in [-0.4, -0.2) is 30.8 Å². The highest BCUT2D eigenvalue weighted by Gasteiger charge is 2.68. The Morgan fingerprint density at radius 3 is 2.85 bits per heavy atom. The quantitative estimate of drug-likeness (QED) is 0.842. The molecular formula is C22H31NO4. The van der Waals surface area contributed by atoms with E-state index in [9.17, 15) is 9.90 Å². The first-order valence-electron chi connectivity index (χ1n) is 10.1. The molecule has 1 heterocycles. The van der Waals surface area contributed by atoms with Gasteiger partial charge in [-0.1, -0.05) is 20.8 Å². The van der Waals surface area contributed by atoms with Crippen molar-refractivity contribution in [2.45, 2.75) is 58.6 Å². The van der Waals surface area contributed by atoms with E-state index in [0.29, 0.717) is 30.6 Å². The van der Waals surface area contributed by atoms with Crippen LogP contribution in [0.4, 0.5) is 0 Å². The van der Waals surface area contributed by atoms with Gasteiger partial charge in [-0.2, -0.15) is 0 Å². The maximum Gasteiger partial charge on any atom is 0.219 e. The molecule has 1 unspecified atom stereocenters. The van der Waals surface area contributed by atoms with Crippen LogP contribution in [0.2, 0.25) is 0 Å². The average molecular weight is 373 g/mol. The molecule has 1 aliphatic heterocycles. The van der Waals surface area contributed by atoms with Crippen molar-refractivity contribution in [2.75, 3.05) is 13.7 Å². The number of carbonyl (C=O) groups excluding carboxylic acids is 1. The van der Waals surface area contributed by atoms with Crippen LogP contribution < -0.4 is 10.1 Å². The van der Waals surface area contributed by atoms with Crippen LogP contribution in [0, 0.1) is 22.7 Å². The number of methoxy groups -OCH3 is 1. The maximum absolute atomic E-state index is 12.3. The zero-order valence-corrected chi connectivity index (χ0v) is 16.7. The first kappa shape index (κ1) is 18.6. The molecule has 1 aromatic rings. The van der Waals surface area contributed by atoms with Crippen molar-refractivity contribution in [3.05, 3.63) is 23.8 Å². The molecule has 0 aromatic heterocycles. The van der Waals surface area contributed by atoms with Crippen molar-refractivity contribution >= 4 is 5.91 Å². The molecule has 2 saturated carbocycles. The van der Waals surface area contributed by atoms with Gasteiger partial charge in [0.2, 0.25) is 5.91 Å². The Morgan fingerprint density at radius 2 is 2.19 bits per heavy atom. The van der Waals surface area contributed by atoms with Gasteiger partial charge in [0.05, 0.1) is 13.2 Å². The number of nitrogens with one attached hydrogen (secondary N) is 1. The van der Waals surface area contributed by atoms with Crippen molar-refractivity contribution in [2.24, 2.45) is 22.7 Å². The van der Waals surface area contributed by atoms with E-state index < -0.39 is 0 Å². The molecule has 1 saturated heterocycles. The van der Waals surface area contributed by atoms with Gasteiger partial charge in [-0.3, -0.25) is 4.79 Å². The molecular weight excluding hydrogens is 342 g/mol. The predicted octanol–water partition coefficient (Wildman–Crippen LogP) is 3.81. The fourth-order valence-corrected chi connectivity index (χ4v) is 6.25. The smallest absolute Gasteiger partial charge is 0.219 e. The lowest BCUT2D eigenvalue weighted by molar-refractivity contribution is -0.137. The molecule has 3 fully saturated rings. The number of aromatic hydroxyl groups is 1. The number of phenols is 1. The number of fused-ring (bicyclic) bond motifs is 1. The van der Waals surface area contributed by atoms with E-state index in [-0.39, 0.29) is 34.6 Å². The minimum Gasteiger partial charge on any atom is -0.507 e. The van der Waals surface area contributed by atoms with E-state index in [1.165, 1.54) is 0 Å². The van der Waals surface area contributed by atoms with Crippen LogP contribution in [0.5, 0.6) is 11.5 Å². The third kappa shape index (κ3) is 2.65. The molecule has 1 aromatic carbocycles. The molecule has 2 N–H and O–H groups in total. The van der Waals surface area contributed by atoms with Gasteiger partial charge in [0, 0.05) is 30.7 Å². The van der Waals surface area contributed by atoms with E-state index in [1.54, 1.807) is 13.2 Å². The summed E-state index contributed by atoms with van der Waals surface area (Å²) in [6.45, 7) is 7.18. The number of rotatable bonds is 4. The molecule has 5 heteroatoms. The van der Waals surface area contributed by atoms with Gasteiger partial charge < -0.3 is 19.9 Å². The van der Waals surface area contributed by atoms with Gasteiger partial charge in [0.15, 0.2) is 0 Å². The monoisotopic (exact) mass is 373 g/mol. The predicted molar refractivity (Wildman–Crippen MR) is 103 cm³/mol. The van der Waals surface area contributed by atoms with Crippen molar-refractivity contribution < 1.29 is 19.4 Å². The van der Waals surface area contributed by atoms with Gasteiger partial charge in [-0.15, -0.1) is 0 Å². The molecule has 148 valence electrons. The largest absolute Gasteiger partial charge is 0.507 e. The lowest BCUT2D eigenvalue weighted by Gasteiger charge is -2.53. The molecule has 0 radical (unpaired) electrons. The summed E-state index contributed by atoms with van der Waals surface area (Å²) in [5, 5.41) is 14.0. The molecule has 3 aliphatic rings. The number of hydrogen-bond donors (Lipinski definition) is 2. The van der Waals surface area contributed by atoms with Crippen LogP contribution in [0.15, 0.2) is 18.2 Å². The molecule has 1 amide bonds. The number of phenolic OH excluding ortho intramolecular Hbond substituents is 1. The first-order chi connectivity index (χ1) is 12.8. The van der Waals surface area contributed by atoms with Crippen LogP contribution in [0.3, 0.4) is 0 Å². The molecule has 5 atom stereocenters. The molecule has 2 bridgehead atoms. The molecule has 1 spiro atoms. The summed E-state index contributed by atoms with van der Waals surface area (Å²) >= 11 is 0. The number of ether oxygens (including phenoxy) is 2. The SMILES string of the molecule is CCC(=O)N[C@H]1C(C)(C)[C@@H]2C[C@@H]3[C@@H](c4ccc(OC)cc4O)OCCC31C2. The van der Waals surface area contributed by atoms with Crippen molar-refractivity contribution in [3.8, 4) is 11.5 Å². The van der Waals surface area contributed by atoms with Gasteiger partial charge in [-0.25, -0.2) is 0 Å². The first-order valence-corrected chi connectivity index (χ1v) is 10.1. The highest BCUT2D eigenvalue weighted by atomic mass is 16.5. The fourth-order valence-electron chi connectivity index (χ4n) is 6.25. The van der Waals surface area contributed by atoms with Crippen molar-refractivity contribution in [1.82, 2.24) is 5.32 Å². The lowest BCUT2D eigenvalue weighted by atomic mass is 9.58. The summed E-state index contributed by atoms with van der Waals surface area (Å²) in [4.78, 5) is 12.3.